The number of carbonyl (C=O) groups excluding carboxylic acids is 1. The van der Waals surface area contributed by atoms with E-state index in [1.165, 1.54) is 13.0 Å². The standard InChI is InChI=1S/C17H32N2O2/c1-5-21-17(20)14-6-8-15(9-7-14)18-16-10-13(3)19(4)11-12(16)2/h12-16,18H,5-11H2,1-4H3. The quantitative estimate of drug-likeness (QED) is 0.809. The van der Waals surface area contributed by atoms with Crippen LogP contribution in [-0.4, -0.2) is 49.2 Å². The van der Waals surface area contributed by atoms with Gasteiger partial charge in [0.05, 0.1) is 12.5 Å². The van der Waals surface area contributed by atoms with Gasteiger partial charge in [0.2, 0.25) is 0 Å². The predicted molar refractivity (Wildman–Crippen MR) is 85.2 cm³/mol. The maximum atomic E-state index is 11.8. The summed E-state index contributed by atoms with van der Waals surface area (Å²) in [5, 5.41) is 3.87. The molecular weight excluding hydrogens is 264 g/mol. The third kappa shape index (κ3) is 4.43. The molecule has 1 N–H and O–H groups in total. The van der Waals surface area contributed by atoms with Crippen molar-refractivity contribution in [3.63, 3.8) is 0 Å². The highest BCUT2D eigenvalue weighted by Gasteiger charge is 2.32. The molecule has 4 nitrogen and oxygen atoms in total. The molecular formula is C17H32N2O2. The second kappa shape index (κ2) is 7.59. The van der Waals surface area contributed by atoms with Crippen LogP contribution in [-0.2, 0) is 9.53 Å². The van der Waals surface area contributed by atoms with E-state index in [0.29, 0.717) is 30.7 Å². The largest absolute Gasteiger partial charge is 0.466 e. The van der Waals surface area contributed by atoms with Crippen LogP contribution < -0.4 is 5.32 Å². The molecule has 21 heavy (non-hydrogen) atoms. The summed E-state index contributed by atoms with van der Waals surface area (Å²) in [6.45, 7) is 8.23. The summed E-state index contributed by atoms with van der Waals surface area (Å²) in [5.41, 5.74) is 0. The minimum Gasteiger partial charge on any atom is -0.466 e. The number of piperidine rings is 1. The molecule has 1 saturated heterocycles. The lowest BCUT2D eigenvalue weighted by atomic mass is 9.83. The average molecular weight is 296 g/mol. The van der Waals surface area contributed by atoms with E-state index in [9.17, 15) is 4.79 Å². The molecule has 0 aromatic heterocycles. The van der Waals surface area contributed by atoms with E-state index in [4.69, 9.17) is 4.74 Å². The van der Waals surface area contributed by atoms with Crippen LogP contribution in [0.1, 0.15) is 52.9 Å². The molecule has 2 fully saturated rings. The van der Waals surface area contributed by atoms with Crippen LogP contribution in [0.25, 0.3) is 0 Å². The predicted octanol–water partition coefficient (Wildman–Crippen LogP) is 2.43. The number of ether oxygens (including phenoxy) is 1. The summed E-state index contributed by atoms with van der Waals surface area (Å²) in [6, 6.07) is 1.87. The Morgan fingerprint density at radius 1 is 1.24 bits per heavy atom. The molecule has 2 rings (SSSR count). The number of rotatable bonds is 4. The molecule has 1 saturated carbocycles. The molecule has 0 radical (unpaired) electrons. The third-order valence-corrected chi connectivity index (χ3v) is 5.41. The summed E-state index contributed by atoms with van der Waals surface area (Å²) in [6.07, 6.45) is 5.41. The van der Waals surface area contributed by atoms with Crippen molar-refractivity contribution in [2.24, 2.45) is 11.8 Å². The Balaban J connectivity index is 1.77. The first kappa shape index (κ1) is 16.8. The van der Waals surface area contributed by atoms with Gasteiger partial charge in [-0.25, -0.2) is 0 Å². The second-order valence-electron chi connectivity index (χ2n) is 7.08. The van der Waals surface area contributed by atoms with Gasteiger partial charge in [-0.3, -0.25) is 4.79 Å². The number of nitrogens with one attached hydrogen (secondary N) is 1. The Morgan fingerprint density at radius 2 is 1.90 bits per heavy atom. The fraction of sp³-hybridized carbons (Fsp3) is 0.941. The van der Waals surface area contributed by atoms with Crippen LogP contribution in [0.3, 0.4) is 0 Å². The second-order valence-corrected chi connectivity index (χ2v) is 7.08. The average Bonchev–Trinajstić information content (AvgIpc) is 2.46. The van der Waals surface area contributed by atoms with E-state index in [-0.39, 0.29) is 11.9 Å². The van der Waals surface area contributed by atoms with E-state index in [0.717, 1.165) is 25.7 Å². The lowest BCUT2D eigenvalue weighted by Crippen LogP contribution is -2.53. The molecule has 0 bridgehead atoms. The molecule has 2 aliphatic rings. The maximum Gasteiger partial charge on any atom is 0.308 e. The highest BCUT2D eigenvalue weighted by Crippen LogP contribution is 2.28. The van der Waals surface area contributed by atoms with Crippen molar-refractivity contribution >= 4 is 5.97 Å². The number of carbonyl (C=O) groups is 1. The Bertz CT molecular complexity index is 340. The molecule has 122 valence electrons. The molecule has 0 aromatic rings. The summed E-state index contributed by atoms with van der Waals surface area (Å²) >= 11 is 0. The van der Waals surface area contributed by atoms with Crippen molar-refractivity contribution in [2.45, 2.75) is 71.0 Å². The van der Waals surface area contributed by atoms with Gasteiger partial charge in [-0.1, -0.05) is 6.92 Å². The third-order valence-electron chi connectivity index (χ3n) is 5.41. The number of hydrogen-bond acceptors (Lipinski definition) is 4. The van der Waals surface area contributed by atoms with Gasteiger partial charge in [-0.05, 0) is 58.9 Å². The van der Waals surface area contributed by atoms with Gasteiger partial charge in [-0.15, -0.1) is 0 Å². The van der Waals surface area contributed by atoms with Crippen LogP contribution in [0.5, 0.6) is 0 Å². The van der Waals surface area contributed by atoms with Crippen molar-refractivity contribution in [1.29, 1.82) is 0 Å². The van der Waals surface area contributed by atoms with Gasteiger partial charge in [0, 0.05) is 24.7 Å². The fourth-order valence-electron chi connectivity index (χ4n) is 3.83. The van der Waals surface area contributed by atoms with Crippen LogP contribution in [0.2, 0.25) is 0 Å². The number of hydrogen-bond donors (Lipinski definition) is 1. The first-order valence-corrected chi connectivity index (χ1v) is 8.64. The normalized spacial score (nSPS) is 38.2. The Hall–Kier alpha value is -0.610. The minimum absolute atomic E-state index is 0.0113. The first-order valence-electron chi connectivity index (χ1n) is 8.64. The molecule has 0 aromatic carbocycles. The van der Waals surface area contributed by atoms with Gasteiger partial charge >= 0.3 is 5.97 Å². The van der Waals surface area contributed by atoms with E-state index in [1.807, 2.05) is 6.92 Å². The summed E-state index contributed by atoms with van der Waals surface area (Å²) in [7, 11) is 2.22. The fourth-order valence-corrected chi connectivity index (χ4v) is 3.83. The monoisotopic (exact) mass is 296 g/mol. The number of likely N-dealkylation sites (tertiary alicyclic amines) is 1. The topological polar surface area (TPSA) is 41.6 Å². The molecule has 1 aliphatic carbocycles. The van der Waals surface area contributed by atoms with Crippen molar-refractivity contribution in [3.05, 3.63) is 0 Å². The highest BCUT2D eigenvalue weighted by atomic mass is 16.5. The van der Waals surface area contributed by atoms with Gasteiger partial charge < -0.3 is 15.0 Å². The van der Waals surface area contributed by atoms with Crippen LogP contribution in [0, 0.1) is 11.8 Å². The van der Waals surface area contributed by atoms with Crippen LogP contribution >= 0.6 is 0 Å². The lowest BCUT2D eigenvalue weighted by Gasteiger charge is -2.42. The molecule has 3 atom stereocenters. The maximum absolute atomic E-state index is 11.8. The molecule has 1 heterocycles. The lowest BCUT2D eigenvalue weighted by molar-refractivity contribution is -0.149. The molecule has 1 aliphatic heterocycles. The minimum atomic E-state index is 0.0113. The van der Waals surface area contributed by atoms with Crippen LogP contribution in [0.4, 0.5) is 0 Å². The number of esters is 1. The van der Waals surface area contributed by atoms with E-state index in [2.05, 4.69) is 31.1 Å². The van der Waals surface area contributed by atoms with E-state index in [1.54, 1.807) is 0 Å². The van der Waals surface area contributed by atoms with E-state index < -0.39 is 0 Å². The zero-order chi connectivity index (χ0) is 15.4. The van der Waals surface area contributed by atoms with Gasteiger partial charge in [0.25, 0.3) is 0 Å². The first-order chi connectivity index (χ1) is 10.0. The zero-order valence-electron chi connectivity index (χ0n) is 14.1. The van der Waals surface area contributed by atoms with Crippen molar-refractivity contribution in [3.8, 4) is 0 Å². The summed E-state index contributed by atoms with van der Waals surface area (Å²) in [5.74, 6) is 0.850. The SMILES string of the molecule is CCOC(=O)C1CCC(NC2CC(C)N(C)CC2C)CC1. The number of nitrogens with zero attached hydrogens (tertiary/aromatic N) is 1. The Kier molecular flexibility index (Phi) is 6.06. The van der Waals surface area contributed by atoms with Crippen molar-refractivity contribution < 1.29 is 9.53 Å². The Morgan fingerprint density at radius 3 is 2.52 bits per heavy atom. The molecule has 4 heteroatoms. The summed E-state index contributed by atoms with van der Waals surface area (Å²) < 4.78 is 5.14. The van der Waals surface area contributed by atoms with Gasteiger partial charge in [0.1, 0.15) is 0 Å². The van der Waals surface area contributed by atoms with Gasteiger partial charge in [-0.2, -0.15) is 0 Å². The van der Waals surface area contributed by atoms with Crippen molar-refractivity contribution in [1.82, 2.24) is 10.2 Å². The van der Waals surface area contributed by atoms with Crippen LogP contribution in [0.15, 0.2) is 0 Å². The molecule has 0 amide bonds. The van der Waals surface area contributed by atoms with E-state index >= 15 is 0 Å². The smallest absolute Gasteiger partial charge is 0.308 e. The molecule has 3 unspecified atom stereocenters. The van der Waals surface area contributed by atoms with Crippen molar-refractivity contribution in [2.75, 3.05) is 20.2 Å². The molecule has 0 spiro atoms. The zero-order valence-corrected chi connectivity index (χ0v) is 14.1. The summed E-state index contributed by atoms with van der Waals surface area (Å²) in [4.78, 5) is 14.2. The van der Waals surface area contributed by atoms with Gasteiger partial charge in [0.15, 0.2) is 0 Å². The highest BCUT2D eigenvalue weighted by molar-refractivity contribution is 5.72. The Labute approximate surface area is 129 Å².